The Labute approximate surface area is 127 Å². The molecule has 1 aliphatic rings. The van der Waals surface area contributed by atoms with Crippen LogP contribution in [-0.2, 0) is 11.2 Å². The molecule has 0 saturated carbocycles. The molecule has 1 nitrogen and oxygen atoms in total. The van der Waals surface area contributed by atoms with Crippen LogP contribution in [0.1, 0.15) is 37.8 Å². The highest BCUT2D eigenvalue weighted by Gasteiger charge is 2.12. The van der Waals surface area contributed by atoms with Crippen molar-refractivity contribution in [1.29, 1.82) is 0 Å². The molecule has 1 heteroatoms. The van der Waals surface area contributed by atoms with E-state index in [0.717, 1.165) is 18.3 Å². The number of aryl methyl sites for hydroxylation is 1. The fraction of sp³-hybridized carbons (Fsp3) is 0.250. The predicted octanol–water partition coefficient (Wildman–Crippen LogP) is 5.05. The lowest BCUT2D eigenvalue weighted by Crippen LogP contribution is -2.01. The van der Waals surface area contributed by atoms with Gasteiger partial charge in [0, 0.05) is 0 Å². The van der Waals surface area contributed by atoms with Crippen LogP contribution in [-0.4, -0.2) is 6.29 Å². The Morgan fingerprint density at radius 2 is 1.86 bits per heavy atom. The molecule has 0 bridgehead atoms. The molecule has 1 aliphatic carbocycles. The van der Waals surface area contributed by atoms with Gasteiger partial charge in [0.05, 0.1) is 0 Å². The maximum Gasteiger partial charge on any atom is 0.143 e. The van der Waals surface area contributed by atoms with Crippen molar-refractivity contribution in [1.82, 2.24) is 0 Å². The van der Waals surface area contributed by atoms with E-state index in [0.29, 0.717) is 0 Å². The van der Waals surface area contributed by atoms with Crippen LogP contribution in [0.4, 0.5) is 0 Å². The fourth-order valence-electron chi connectivity index (χ4n) is 2.64. The Kier molecular flexibility index (Phi) is 5.51. The number of hydrogen-bond acceptors (Lipinski definition) is 1. The quantitative estimate of drug-likeness (QED) is 0.428. The van der Waals surface area contributed by atoms with E-state index in [1.54, 1.807) is 6.08 Å². The molecule has 0 amide bonds. The van der Waals surface area contributed by atoms with Gasteiger partial charge in [0.1, 0.15) is 6.29 Å². The van der Waals surface area contributed by atoms with Gasteiger partial charge < -0.3 is 0 Å². The average Bonchev–Trinajstić information content (AvgIpc) is 2.48. The number of fused-ring (bicyclic) bond motifs is 1. The van der Waals surface area contributed by atoms with Crippen LogP contribution < -0.4 is 0 Å². The summed E-state index contributed by atoms with van der Waals surface area (Å²) in [7, 11) is 0. The largest absolute Gasteiger partial charge is 0.299 e. The minimum Gasteiger partial charge on any atom is -0.299 e. The van der Waals surface area contributed by atoms with Gasteiger partial charge in [-0.15, -0.1) is 0 Å². The van der Waals surface area contributed by atoms with Crippen LogP contribution in [0.25, 0.3) is 5.57 Å². The lowest BCUT2D eigenvalue weighted by Gasteiger charge is -2.18. The first-order chi connectivity index (χ1) is 10.2. The number of hydrogen-bond donors (Lipinski definition) is 0. The summed E-state index contributed by atoms with van der Waals surface area (Å²) in [4.78, 5) is 10.4. The van der Waals surface area contributed by atoms with Crippen molar-refractivity contribution in [2.45, 2.75) is 33.1 Å². The Hall–Kier alpha value is -2.15. The van der Waals surface area contributed by atoms with Gasteiger partial charge in [0.25, 0.3) is 0 Å². The lowest BCUT2D eigenvalue weighted by molar-refractivity contribution is -0.104. The maximum absolute atomic E-state index is 10.4. The van der Waals surface area contributed by atoms with E-state index in [1.165, 1.54) is 35.1 Å². The molecule has 1 aromatic carbocycles. The third-order valence-electron chi connectivity index (χ3n) is 3.71. The number of rotatable bonds is 4. The highest BCUT2D eigenvalue weighted by atomic mass is 16.1. The number of aldehydes is 1. The van der Waals surface area contributed by atoms with E-state index < -0.39 is 0 Å². The summed E-state index contributed by atoms with van der Waals surface area (Å²) < 4.78 is 0. The van der Waals surface area contributed by atoms with E-state index >= 15 is 0 Å². The molecule has 0 aliphatic heterocycles. The van der Waals surface area contributed by atoms with E-state index in [9.17, 15) is 4.79 Å². The standard InChI is InChI=1S/C20H22O/c1-16(13-14-21)7-5-8-17(2)15-19-11-6-10-18-9-3-4-12-20(18)19/h3-5,7-9,12-15H,6,10-11H2,1-2H3/b7-5+,16-13+,17-8-,19-15+. The van der Waals surface area contributed by atoms with Crippen molar-refractivity contribution < 1.29 is 4.79 Å². The van der Waals surface area contributed by atoms with Gasteiger partial charge in [-0.3, -0.25) is 4.79 Å². The van der Waals surface area contributed by atoms with Crippen molar-refractivity contribution in [3.63, 3.8) is 0 Å². The van der Waals surface area contributed by atoms with Gasteiger partial charge in [-0.1, -0.05) is 54.1 Å². The zero-order chi connectivity index (χ0) is 15.1. The lowest BCUT2D eigenvalue weighted by atomic mass is 9.86. The Morgan fingerprint density at radius 3 is 2.67 bits per heavy atom. The zero-order valence-corrected chi connectivity index (χ0v) is 12.8. The first kappa shape index (κ1) is 15.2. The van der Waals surface area contributed by atoms with Gasteiger partial charge in [0.2, 0.25) is 0 Å². The first-order valence-corrected chi connectivity index (χ1v) is 7.46. The molecule has 0 unspecified atom stereocenters. The molecular weight excluding hydrogens is 256 g/mol. The Bertz CT molecular complexity index is 627. The number of allylic oxidation sites excluding steroid dienone is 8. The highest BCUT2D eigenvalue weighted by molar-refractivity contribution is 5.72. The third-order valence-corrected chi connectivity index (χ3v) is 3.71. The van der Waals surface area contributed by atoms with Crippen LogP contribution in [0.5, 0.6) is 0 Å². The summed E-state index contributed by atoms with van der Waals surface area (Å²) >= 11 is 0. The van der Waals surface area contributed by atoms with Crippen molar-refractivity contribution >= 4 is 11.9 Å². The Balaban J connectivity index is 2.17. The Morgan fingerprint density at radius 1 is 1.05 bits per heavy atom. The van der Waals surface area contributed by atoms with E-state index in [2.05, 4.69) is 43.3 Å². The molecule has 0 fully saturated rings. The molecule has 2 rings (SSSR count). The predicted molar refractivity (Wildman–Crippen MR) is 90.1 cm³/mol. The molecule has 21 heavy (non-hydrogen) atoms. The topological polar surface area (TPSA) is 17.1 Å². The molecule has 0 saturated heterocycles. The van der Waals surface area contributed by atoms with Crippen molar-refractivity contribution in [2.24, 2.45) is 0 Å². The van der Waals surface area contributed by atoms with Crippen LogP contribution in [0.2, 0.25) is 0 Å². The van der Waals surface area contributed by atoms with E-state index in [-0.39, 0.29) is 0 Å². The third kappa shape index (κ3) is 4.42. The van der Waals surface area contributed by atoms with Gasteiger partial charge in [0.15, 0.2) is 0 Å². The minimum atomic E-state index is 0.817. The van der Waals surface area contributed by atoms with Gasteiger partial charge in [-0.25, -0.2) is 0 Å². The molecule has 1 aromatic rings. The average molecular weight is 278 g/mol. The van der Waals surface area contributed by atoms with Gasteiger partial charge in [-0.2, -0.15) is 0 Å². The first-order valence-electron chi connectivity index (χ1n) is 7.46. The maximum atomic E-state index is 10.4. The van der Waals surface area contributed by atoms with Crippen molar-refractivity contribution in [3.05, 3.63) is 76.9 Å². The van der Waals surface area contributed by atoms with Crippen LogP contribution in [0.3, 0.4) is 0 Å². The van der Waals surface area contributed by atoms with Crippen molar-refractivity contribution in [3.8, 4) is 0 Å². The second kappa shape index (κ2) is 7.58. The van der Waals surface area contributed by atoms with Crippen molar-refractivity contribution in [2.75, 3.05) is 0 Å². The number of benzene rings is 1. The summed E-state index contributed by atoms with van der Waals surface area (Å²) in [5, 5.41) is 0. The number of carbonyl (C=O) groups is 1. The zero-order valence-electron chi connectivity index (χ0n) is 12.8. The molecule has 0 atom stereocenters. The van der Waals surface area contributed by atoms with Gasteiger partial charge in [-0.05, 0) is 61.5 Å². The highest BCUT2D eigenvalue weighted by Crippen LogP contribution is 2.31. The van der Waals surface area contributed by atoms with Gasteiger partial charge >= 0.3 is 0 Å². The monoisotopic (exact) mass is 278 g/mol. The molecule has 0 radical (unpaired) electrons. The number of carbonyl (C=O) groups excluding carboxylic acids is 1. The molecule has 0 heterocycles. The smallest absolute Gasteiger partial charge is 0.143 e. The van der Waals surface area contributed by atoms with Crippen LogP contribution in [0, 0.1) is 0 Å². The summed E-state index contributed by atoms with van der Waals surface area (Å²) in [5.41, 5.74) is 6.49. The second-order valence-electron chi connectivity index (χ2n) is 5.50. The SMILES string of the molecule is CC(=C/C=C/C(C)=C/C=O)/C=C1\CCCc2ccccc21. The summed E-state index contributed by atoms with van der Waals surface area (Å²) in [6.07, 6.45) is 14.3. The summed E-state index contributed by atoms with van der Waals surface area (Å²) in [5.74, 6) is 0. The molecular formula is C20H22O. The van der Waals surface area contributed by atoms with Crippen LogP contribution in [0.15, 0.2) is 65.8 Å². The van der Waals surface area contributed by atoms with Crippen LogP contribution >= 0.6 is 0 Å². The fourth-order valence-corrected chi connectivity index (χ4v) is 2.64. The summed E-state index contributed by atoms with van der Waals surface area (Å²) in [6.45, 7) is 4.04. The molecule has 0 spiro atoms. The molecule has 108 valence electrons. The molecule has 0 aromatic heterocycles. The normalized spacial score (nSPS) is 18.1. The summed E-state index contributed by atoms with van der Waals surface area (Å²) in [6, 6.07) is 8.69. The van der Waals surface area contributed by atoms with E-state index in [4.69, 9.17) is 0 Å². The second-order valence-corrected chi connectivity index (χ2v) is 5.50. The minimum absolute atomic E-state index is 0.817. The van der Waals surface area contributed by atoms with E-state index in [1.807, 2.05) is 19.1 Å². The molecule has 0 N–H and O–H groups in total.